The van der Waals surface area contributed by atoms with Gasteiger partial charge >= 0.3 is 5.97 Å². The lowest BCUT2D eigenvalue weighted by molar-refractivity contribution is 0.0660. The Bertz CT molecular complexity index is 698. The molecule has 0 aliphatic heterocycles. The Kier molecular flexibility index (Phi) is 2.60. The van der Waals surface area contributed by atoms with Crippen LogP contribution in [0, 0.1) is 0 Å². The van der Waals surface area contributed by atoms with Gasteiger partial charge in [-0.2, -0.15) is 4.80 Å². The summed E-state index contributed by atoms with van der Waals surface area (Å²) in [5.41, 5.74) is 0.468. The molecule has 0 aliphatic rings. The Hall–Kier alpha value is -2.90. The van der Waals surface area contributed by atoms with Crippen LogP contribution in [0.15, 0.2) is 39.6 Å². The van der Waals surface area contributed by atoms with Crippen LogP contribution in [0.1, 0.15) is 16.1 Å². The van der Waals surface area contributed by atoms with Gasteiger partial charge in [-0.1, -0.05) is 0 Å². The largest absolute Gasteiger partial charge is 0.475 e. The first kappa shape index (κ1) is 11.2. The number of carboxylic acid groups (broad SMARTS) is 1. The molecule has 19 heavy (non-hydrogen) atoms. The highest BCUT2D eigenvalue weighted by Crippen LogP contribution is 2.15. The summed E-state index contributed by atoms with van der Waals surface area (Å²) in [4.78, 5) is 12.2. The smallest absolute Gasteiger partial charge is 0.372 e. The highest BCUT2D eigenvalue weighted by Gasteiger charge is 2.16. The Morgan fingerprint density at radius 3 is 2.95 bits per heavy atom. The summed E-state index contributed by atoms with van der Waals surface area (Å²) < 4.78 is 10.0. The summed E-state index contributed by atoms with van der Waals surface area (Å²) in [6, 6.07) is 4.98. The minimum atomic E-state index is -1.13. The summed E-state index contributed by atoms with van der Waals surface area (Å²) in [5.74, 6) is -0.425. The second-order valence-corrected chi connectivity index (χ2v) is 3.70. The predicted molar refractivity (Wildman–Crippen MR) is 60.3 cm³/mol. The number of nitrogens with zero attached hydrogens (tertiary/aromatic N) is 4. The van der Waals surface area contributed by atoms with Gasteiger partial charge in [-0.05, 0) is 23.4 Å². The van der Waals surface area contributed by atoms with E-state index in [-0.39, 0.29) is 12.3 Å². The molecule has 0 unspecified atom stereocenters. The van der Waals surface area contributed by atoms with Gasteiger partial charge in [0.25, 0.3) is 0 Å². The van der Waals surface area contributed by atoms with Crippen LogP contribution in [0.4, 0.5) is 0 Å². The van der Waals surface area contributed by atoms with Crippen LogP contribution in [0.5, 0.6) is 0 Å². The fourth-order valence-corrected chi connectivity index (χ4v) is 1.61. The van der Waals surface area contributed by atoms with Crippen LogP contribution in [0.2, 0.25) is 0 Å². The Labute approximate surface area is 106 Å². The zero-order chi connectivity index (χ0) is 13.2. The molecule has 8 nitrogen and oxygen atoms in total. The van der Waals surface area contributed by atoms with E-state index in [0.29, 0.717) is 17.1 Å². The van der Waals surface area contributed by atoms with E-state index in [1.807, 2.05) is 0 Å². The van der Waals surface area contributed by atoms with Gasteiger partial charge in [-0.25, -0.2) is 4.79 Å². The predicted octanol–water partition coefficient (Wildman–Crippen LogP) is 1.27. The van der Waals surface area contributed by atoms with Crippen LogP contribution in [0.25, 0.3) is 11.6 Å². The third-order valence-corrected chi connectivity index (χ3v) is 2.45. The monoisotopic (exact) mass is 260 g/mol. The Morgan fingerprint density at radius 2 is 2.21 bits per heavy atom. The summed E-state index contributed by atoms with van der Waals surface area (Å²) >= 11 is 0. The first-order valence-electron chi connectivity index (χ1n) is 5.35. The minimum absolute atomic E-state index is 0.128. The van der Waals surface area contributed by atoms with Crippen molar-refractivity contribution in [3.05, 3.63) is 42.0 Å². The van der Waals surface area contributed by atoms with E-state index in [1.165, 1.54) is 17.3 Å². The van der Waals surface area contributed by atoms with Gasteiger partial charge in [0.15, 0.2) is 5.76 Å². The molecule has 0 saturated heterocycles. The summed E-state index contributed by atoms with van der Waals surface area (Å²) in [6.45, 7) is 0.159. The van der Waals surface area contributed by atoms with Crippen molar-refractivity contribution in [1.29, 1.82) is 0 Å². The summed E-state index contributed by atoms with van der Waals surface area (Å²) in [6.07, 6.45) is 2.82. The van der Waals surface area contributed by atoms with Crippen molar-refractivity contribution >= 4 is 5.97 Å². The number of aromatic nitrogens is 4. The quantitative estimate of drug-likeness (QED) is 0.752. The zero-order valence-corrected chi connectivity index (χ0v) is 9.55. The Balaban J connectivity index is 1.84. The van der Waals surface area contributed by atoms with Gasteiger partial charge in [0.05, 0.1) is 19.1 Å². The van der Waals surface area contributed by atoms with Crippen molar-refractivity contribution in [2.24, 2.45) is 0 Å². The lowest BCUT2D eigenvalue weighted by Gasteiger charge is -1.96. The molecule has 8 heteroatoms. The average molecular weight is 260 g/mol. The summed E-state index contributed by atoms with van der Waals surface area (Å²) in [5, 5.41) is 20.7. The van der Waals surface area contributed by atoms with E-state index in [1.54, 1.807) is 18.2 Å². The van der Waals surface area contributed by atoms with Crippen molar-refractivity contribution in [3.63, 3.8) is 0 Å². The van der Waals surface area contributed by atoms with E-state index in [9.17, 15) is 4.79 Å². The molecule has 96 valence electrons. The van der Waals surface area contributed by atoms with Gasteiger partial charge < -0.3 is 13.9 Å². The SMILES string of the molecule is O=C(O)c1occc1Cn1nnc(-c2ccco2)n1. The molecule has 3 aromatic rings. The molecule has 3 aromatic heterocycles. The molecule has 3 rings (SSSR count). The maximum absolute atomic E-state index is 10.9. The van der Waals surface area contributed by atoms with E-state index in [2.05, 4.69) is 15.4 Å². The van der Waals surface area contributed by atoms with Crippen LogP contribution < -0.4 is 0 Å². The molecule has 0 atom stereocenters. The maximum atomic E-state index is 10.9. The molecule has 0 aromatic carbocycles. The lowest BCUT2D eigenvalue weighted by Crippen LogP contribution is -2.07. The molecule has 3 heterocycles. The van der Waals surface area contributed by atoms with Gasteiger partial charge in [0.1, 0.15) is 0 Å². The number of furan rings is 2. The normalized spacial score (nSPS) is 10.7. The van der Waals surface area contributed by atoms with Crippen LogP contribution >= 0.6 is 0 Å². The lowest BCUT2D eigenvalue weighted by atomic mass is 10.2. The zero-order valence-electron chi connectivity index (χ0n) is 9.55. The first-order valence-corrected chi connectivity index (χ1v) is 5.35. The highest BCUT2D eigenvalue weighted by atomic mass is 16.4. The third-order valence-electron chi connectivity index (χ3n) is 2.45. The van der Waals surface area contributed by atoms with Gasteiger partial charge in [-0.15, -0.1) is 10.2 Å². The highest BCUT2D eigenvalue weighted by molar-refractivity contribution is 5.86. The molecule has 0 radical (unpaired) electrons. The molecule has 1 N–H and O–H groups in total. The van der Waals surface area contributed by atoms with Crippen molar-refractivity contribution in [3.8, 4) is 11.6 Å². The van der Waals surface area contributed by atoms with E-state index in [0.717, 1.165) is 0 Å². The van der Waals surface area contributed by atoms with E-state index >= 15 is 0 Å². The maximum Gasteiger partial charge on any atom is 0.372 e. The molecular formula is C11H8N4O4. The third kappa shape index (κ3) is 2.10. The standard InChI is InChI=1S/C11H8N4O4/c16-11(17)9-7(3-5-19-9)6-15-13-10(12-14-15)8-2-1-4-18-8/h1-5H,6H2,(H,16,17). The number of carboxylic acids is 1. The second kappa shape index (κ2) is 4.41. The fraction of sp³-hybridized carbons (Fsp3) is 0.0909. The van der Waals surface area contributed by atoms with Crippen LogP contribution in [-0.4, -0.2) is 31.3 Å². The fourth-order valence-electron chi connectivity index (χ4n) is 1.61. The van der Waals surface area contributed by atoms with Crippen molar-refractivity contribution in [2.45, 2.75) is 6.54 Å². The van der Waals surface area contributed by atoms with Crippen molar-refractivity contribution < 1.29 is 18.7 Å². The number of hydrogen-bond donors (Lipinski definition) is 1. The second-order valence-electron chi connectivity index (χ2n) is 3.70. The summed E-state index contributed by atoms with van der Waals surface area (Å²) in [7, 11) is 0. The number of hydrogen-bond acceptors (Lipinski definition) is 6. The van der Waals surface area contributed by atoms with Gasteiger partial charge in [0, 0.05) is 5.56 Å². The molecule has 0 bridgehead atoms. The Morgan fingerprint density at radius 1 is 1.32 bits per heavy atom. The minimum Gasteiger partial charge on any atom is -0.475 e. The molecule has 0 aliphatic carbocycles. The average Bonchev–Trinajstić information content (AvgIpc) is 3.09. The van der Waals surface area contributed by atoms with Crippen molar-refractivity contribution in [2.75, 3.05) is 0 Å². The topological polar surface area (TPSA) is 107 Å². The molecule has 0 amide bonds. The van der Waals surface area contributed by atoms with E-state index in [4.69, 9.17) is 13.9 Å². The number of aromatic carboxylic acids is 1. The molecule has 0 saturated carbocycles. The van der Waals surface area contributed by atoms with E-state index < -0.39 is 5.97 Å². The van der Waals surface area contributed by atoms with Gasteiger partial charge in [0.2, 0.25) is 11.6 Å². The number of tetrazole rings is 1. The van der Waals surface area contributed by atoms with Gasteiger partial charge in [-0.3, -0.25) is 0 Å². The van der Waals surface area contributed by atoms with Crippen molar-refractivity contribution in [1.82, 2.24) is 20.2 Å². The molecular weight excluding hydrogens is 252 g/mol. The number of carbonyl (C=O) groups is 1. The number of rotatable bonds is 4. The van der Waals surface area contributed by atoms with Crippen LogP contribution in [-0.2, 0) is 6.54 Å². The first-order chi connectivity index (χ1) is 9.24. The molecule has 0 fully saturated rings. The molecule has 0 spiro atoms. The van der Waals surface area contributed by atoms with Crippen LogP contribution in [0.3, 0.4) is 0 Å².